The number of nitrogens with zero attached hydrogens (tertiary/aromatic N) is 6. The second-order valence-corrected chi connectivity index (χ2v) is 8.30. The Morgan fingerprint density at radius 3 is 2.77 bits per heavy atom. The summed E-state index contributed by atoms with van der Waals surface area (Å²) in [5.41, 5.74) is 1.19. The van der Waals surface area contributed by atoms with Crippen molar-refractivity contribution in [3.8, 4) is 10.6 Å². The summed E-state index contributed by atoms with van der Waals surface area (Å²) >= 11 is 1.64. The Morgan fingerprint density at radius 1 is 1.38 bits per heavy atom. The molecular formula is C17H20N6O2S. The lowest BCUT2D eigenvalue weighted by atomic mass is 9.99. The first kappa shape index (κ1) is 16.8. The van der Waals surface area contributed by atoms with E-state index in [2.05, 4.69) is 20.1 Å². The van der Waals surface area contributed by atoms with Gasteiger partial charge in [-0.3, -0.25) is 9.30 Å². The zero-order valence-corrected chi connectivity index (χ0v) is 15.6. The Balaban J connectivity index is 1.61. The highest BCUT2D eigenvalue weighted by Gasteiger charge is 2.41. The van der Waals surface area contributed by atoms with Gasteiger partial charge in [0.25, 0.3) is 0 Å². The van der Waals surface area contributed by atoms with E-state index in [1.807, 2.05) is 48.9 Å². The second kappa shape index (κ2) is 5.94. The molecule has 1 aliphatic heterocycles. The zero-order valence-electron chi connectivity index (χ0n) is 14.8. The van der Waals surface area contributed by atoms with Crippen LogP contribution in [0.15, 0.2) is 30.0 Å². The van der Waals surface area contributed by atoms with Crippen LogP contribution in [0, 0.1) is 0 Å². The third-order valence-electron chi connectivity index (χ3n) is 4.55. The number of aromatic nitrogens is 4. The van der Waals surface area contributed by atoms with Crippen molar-refractivity contribution in [3.05, 3.63) is 30.0 Å². The SMILES string of the molecule is CC(C)(C)N(C(=O)O)C1CN(c2ncc(-c3cccs3)n3cnnc23)C1. The molecule has 0 saturated carbocycles. The minimum Gasteiger partial charge on any atom is -0.465 e. The summed E-state index contributed by atoms with van der Waals surface area (Å²) in [4.78, 5) is 20.9. The number of carbonyl (C=O) groups is 1. The first-order valence-electron chi connectivity index (χ1n) is 8.36. The summed E-state index contributed by atoms with van der Waals surface area (Å²) in [6.45, 7) is 6.92. The highest BCUT2D eigenvalue weighted by atomic mass is 32.1. The van der Waals surface area contributed by atoms with Crippen LogP contribution in [0.3, 0.4) is 0 Å². The number of amides is 1. The van der Waals surface area contributed by atoms with E-state index in [1.165, 1.54) is 4.90 Å². The fourth-order valence-corrected chi connectivity index (χ4v) is 4.15. The molecule has 26 heavy (non-hydrogen) atoms. The molecule has 0 radical (unpaired) electrons. The number of carboxylic acid groups (broad SMARTS) is 1. The van der Waals surface area contributed by atoms with Gasteiger partial charge in [-0.05, 0) is 32.2 Å². The van der Waals surface area contributed by atoms with Gasteiger partial charge in [-0.1, -0.05) is 6.07 Å². The molecule has 1 saturated heterocycles. The monoisotopic (exact) mass is 372 g/mol. The van der Waals surface area contributed by atoms with Crippen LogP contribution in [0.2, 0.25) is 0 Å². The maximum atomic E-state index is 11.6. The zero-order chi connectivity index (χ0) is 18.5. The van der Waals surface area contributed by atoms with E-state index in [-0.39, 0.29) is 6.04 Å². The van der Waals surface area contributed by atoms with Crippen molar-refractivity contribution in [3.63, 3.8) is 0 Å². The summed E-state index contributed by atoms with van der Waals surface area (Å²) < 4.78 is 1.93. The van der Waals surface area contributed by atoms with Crippen molar-refractivity contribution in [1.82, 2.24) is 24.5 Å². The van der Waals surface area contributed by atoms with Gasteiger partial charge in [0, 0.05) is 18.6 Å². The summed E-state index contributed by atoms with van der Waals surface area (Å²) in [6, 6.07) is 3.97. The topological polar surface area (TPSA) is 86.9 Å². The first-order chi connectivity index (χ1) is 12.4. The van der Waals surface area contributed by atoms with Crippen molar-refractivity contribution < 1.29 is 9.90 Å². The largest absolute Gasteiger partial charge is 0.465 e. The van der Waals surface area contributed by atoms with Crippen LogP contribution in [0.4, 0.5) is 10.6 Å². The van der Waals surface area contributed by atoms with Gasteiger partial charge < -0.3 is 10.0 Å². The van der Waals surface area contributed by atoms with Gasteiger partial charge >= 0.3 is 6.09 Å². The summed E-state index contributed by atoms with van der Waals surface area (Å²) in [5, 5.41) is 19.8. The molecule has 0 atom stereocenters. The van der Waals surface area contributed by atoms with Gasteiger partial charge in [0.05, 0.1) is 22.8 Å². The predicted molar refractivity (Wildman–Crippen MR) is 99.7 cm³/mol. The van der Waals surface area contributed by atoms with E-state index in [1.54, 1.807) is 17.7 Å². The smallest absolute Gasteiger partial charge is 0.408 e. The minimum absolute atomic E-state index is 0.0609. The summed E-state index contributed by atoms with van der Waals surface area (Å²) in [5.74, 6) is 0.735. The van der Waals surface area contributed by atoms with Crippen LogP contribution in [0.1, 0.15) is 20.8 Å². The number of anilines is 1. The minimum atomic E-state index is -0.893. The molecule has 0 aromatic carbocycles. The molecule has 1 aliphatic rings. The lowest BCUT2D eigenvalue weighted by Gasteiger charge is -2.49. The number of rotatable bonds is 3. The molecule has 3 aromatic heterocycles. The molecule has 4 heterocycles. The average Bonchev–Trinajstić information content (AvgIpc) is 3.19. The molecular weight excluding hydrogens is 352 g/mol. The third kappa shape index (κ3) is 2.68. The number of thiophene rings is 1. The normalized spacial score (nSPS) is 15.3. The van der Waals surface area contributed by atoms with E-state index < -0.39 is 11.6 Å². The molecule has 9 heteroatoms. The van der Waals surface area contributed by atoms with E-state index >= 15 is 0 Å². The van der Waals surface area contributed by atoms with E-state index in [0.29, 0.717) is 18.7 Å². The van der Waals surface area contributed by atoms with Crippen LogP contribution in [0.25, 0.3) is 16.2 Å². The summed E-state index contributed by atoms with van der Waals surface area (Å²) in [7, 11) is 0. The Labute approximate surface area is 154 Å². The van der Waals surface area contributed by atoms with Gasteiger partial charge in [0.15, 0.2) is 5.82 Å². The van der Waals surface area contributed by atoms with E-state index in [4.69, 9.17) is 0 Å². The Hall–Kier alpha value is -2.68. The Bertz CT molecular complexity index is 940. The molecule has 0 unspecified atom stereocenters. The predicted octanol–water partition coefficient (Wildman–Crippen LogP) is 2.82. The van der Waals surface area contributed by atoms with Crippen molar-refractivity contribution in [2.75, 3.05) is 18.0 Å². The third-order valence-corrected chi connectivity index (χ3v) is 5.44. The second-order valence-electron chi connectivity index (χ2n) is 7.35. The van der Waals surface area contributed by atoms with Crippen LogP contribution in [-0.2, 0) is 0 Å². The molecule has 8 nitrogen and oxygen atoms in total. The Kier molecular flexibility index (Phi) is 3.83. The van der Waals surface area contributed by atoms with Crippen molar-refractivity contribution >= 4 is 28.9 Å². The number of hydrogen-bond donors (Lipinski definition) is 1. The first-order valence-corrected chi connectivity index (χ1v) is 9.24. The maximum absolute atomic E-state index is 11.6. The number of fused-ring (bicyclic) bond motifs is 1. The van der Waals surface area contributed by atoms with Gasteiger partial charge in [0.2, 0.25) is 5.65 Å². The van der Waals surface area contributed by atoms with E-state index in [9.17, 15) is 9.90 Å². The molecule has 0 spiro atoms. The highest BCUT2D eigenvalue weighted by molar-refractivity contribution is 7.13. The standard InChI is InChI=1S/C17H20N6O2S/c1-17(2,3)23(16(24)25)11-8-21(9-11)14-15-20-19-10-22(15)12(7-18-14)13-5-4-6-26-13/h4-7,10-11H,8-9H2,1-3H3,(H,24,25). The number of hydrogen-bond acceptors (Lipinski definition) is 6. The van der Waals surface area contributed by atoms with Gasteiger partial charge in [-0.15, -0.1) is 21.5 Å². The average molecular weight is 372 g/mol. The van der Waals surface area contributed by atoms with Crippen LogP contribution in [-0.4, -0.2) is 60.4 Å². The fourth-order valence-electron chi connectivity index (χ4n) is 3.42. The Morgan fingerprint density at radius 2 is 2.15 bits per heavy atom. The summed E-state index contributed by atoms with van der Waals surface area (Å²) in [6.07, 6.45) is 2.62. The quantitative estimate of drug-likeness (QED) is 0.761. The van der Waals surface area contributed by atoms with Gasteiger partial charge in [-0.25, -0.2) is 9.78 Å². The van der Waals surface area contributed by atoms with E-state index in [0.717, 1.165) is 16.4 Å². The highest BCUT2D eigenvalue weighted by Crippen LogP contribution is 2.31. The van der Waals surface area contributed by atoms with Crippen LogP contribution >= 0.6 is 11.3 Å². The molecule has 136 valence electrons. The van der Waals surface area contributed by atoms with Crippen LogP contribution < -0.4 is 4.90 Å². The molecule has 3 aromatic rings. The van der Waals surface area contributed by atoms with Crippen molar-refractivity contribution in [1.29, 1.82) is 0 Å². The molecule has 0 aliphatic carbocycles. The van der Waals surface area contributed by atoms with Crippen molar-refractivity contribution in [2.24, 2.45) is 0 Å². The molecule has 1 fully saturated rings. The fraction of sp³-hybridized carbons (Fsp3) is 0.412. The molecule has 1 amide bonds. The van der Waals surface area contributed by atoms with Gasteiger partial charge in [-0.2, -0.15) is 0 Å². The molecule has 4 rings (SSSR count). The lowest BCUT2D eigenvalue weighted by molar-refractivity contribution is 0.0601. The maximum Gasteiger partial charge on any atom is 0.408 e. The van der Waals surface area contributed by atoms with Crippen molar-refractivity contribution in [2.45, 2.75) is 32.4 Å². The lowest BCUT2D eigenvalue weighted by Crippen LogP contribution is -2.65. The van der Waals surface area contributed by atoms with Crippen LogP contribution in [0.5, 0.6) is 0 Å². The van der Waals surface area contributed by atoms with Gasteiger partial charge in [0.1, 0.15) is 6.33 Å². The molecule has 0 bridgehead atoms. The molecule has 1 N–H and O–H groups in total.